The first-order valence-electron chi connectivity index (χ1n) is 6.78. The molecule has 0 radical (unpaired) electrons. The van der Waals surface area contributed by atoms with Crippen LogP contribution >= 0.6 is 11.3 Å². The molecular weight excluding hydrogens is 262 g/mol. The highest BCUT2D eigenvalue weighted by Gasteiger charge is 2.09. The minimum atomic E-state index is -0.118. The van der Waals surface area contributed by atoms with Crippen LogP contribution in [0.15, 0.2) is 5.38 Å². The summed E-state index contributed by atoms with van der Waals surface area (Å²) in [6.07, 6.45) is 3.79. The molecule has 5 nitrogen and oxygen atoms in total. The van der Waals surface area contributed by atoms with E-state index in [9.17, 15) is 4.79 Å². The number of nitrogens with two attached hydrogens (primary N) is 1. The molecule has 0 aliphatic heterocycles. The number of carbonyl (C=O) groups is 1. The number of unbranched alkanes of at least 4 members (excludes halogenated alkanes) is 1. The first-order chi connectivity index (χ1) is 9.27. The van der Waals surface area contributed by atoms with Crippen LogP contribution in [0.25, 0.3) is 0 Å². The number of nitrogens with one attached hydrogen (secondary N) is 1. The van der Waals surface area contributed by atoms with Gasteiger partial charge in [0.1, 0.15) is 5.69 Å². The van der Waals surface area contributed by atoms with Crippen molar-refractivity contribution in [3.63, 3.8) is 0 Å². The van der Waals surface area contributed by atoms with Crippen molar-refractivity contribution in [2.24, 2.45) is 5.73 Å². The number of hydrogen-bond donors (Lipinski definition) is 2. The van der Waals surface area contributed by atoms with Crippen LogP contribution in [0, 0.1) is 0 Å². The SMILES string of the molecule is CCCCOCCCNC(=O)c1csc(CCN)n1. The lowest BCUT2D eigenvalue weighted by Gasteiger charge is -2.04. The lowest BCUT2D eigenvalue weighted by Crippen LogP contribution is -2.25. The summed E-state index contributed by atoms with van der Waals surface area (Å²) < 4.78 is 5.42. The summed E-state index contributed by atoms with van der Waals surface area (Å²) in [5.74, 6) is -0.118. The van der Waals surface area contributed by atoms with E-state index in [0.29, 0.717) is 25.4 Å². The van der Waals surface area contributed by atoms with Gasteiger partial charge in [-0.1, -0.05) is 13.3 Å². The molecule has 0 aliphatic carbocycles. The second-order valence-electron chi connectivity index (χ2n) is 4.24. The normalized spacial score (nSPS) is 10.6. The molecule has 1 aromatic heterocycles. The maximum atomic E-state index is 11.8. The van der Waals surface area contributed by atoms with E-state index in [-0.39, 0.29) is 5.91 Å². The molecule has 6 heteroatoms. The Bertz CT molecular complexity index is 369. The number of thiazole rings is 1. The summed E-state index contributed by atoms with van der Waals surface area (Å²) in [5.41, 5.74) is 5.93. The van der Waals surface area contributed by atoms with Crippen LogP contribution in [0.5, 0.6) is 0 Å². The van der Waals surface area contributed by atoms with Crippen molar-refractivity contribution in [1.29, 1.82) is 0 Å². The first kappa shape index (κ1) is 16.1. The third-order valence-corrected chi connectivity index (χ3v) is 3.44. The highest BCUT2D eigenvalue weighted by molar-refractivity contribution is 7.09. The average molecular weight is 285 g/mol. The molecule has 0 atom stereocenters. The molecule has 0 aliphatic rings. The molecular formula is C13H23N3O2S. The van der Waals surface area contributed by atoms with Gasteiger partial charge >= 0.3 is 0 Å². The summed E-state index contributed by atoms with van der Waals surface area (Å²) in [6.45, 7) is 4.81. The van der Waals surface area contributed by atoms with E-state index in [1.807, 2.05) is 0 Å². The predicted molar refractivity (Wildman–Crippen MR) is 77.5 cm³/mol. The zero-order valence-electron chi connectivity index (χ0n) is 11.5. The highest BCUT2D eigenvalue weighted by Crippen LogP contribution is 2.09. The van der Waals surface area contributed by atoms with Crippen molar-refractivity contribution >= 4 is 17.2 Å². The Kier molecular flexibility index (Phi) is 8.36. The minimum Gasteiger partial charge on any atom is -0.381 e. The van der Waals surface area contributed by atoms with E-state index < -0.39 is 0 Å². The third-order valence-electron chi connectivity index (χ3n) is 2.54. The Morgan fingerprint density at radius 2 is 2.26 bits per heavy atom. The Morgan fingerprint density at radius 3 is 3.00 bits per heavy atom. The Labute approximate surface area is 118 Å². The molecule has 0 spiro atoms. The van der Waals surface area contributed by atoms with Crippen molar-refractivity contribution in [2.45, 2.75) is 32.6 Å². The zero-order valence-corrected chi connectivity index (χ0v) is 12.3. The van der Waals surface area contributed by atoms with Crippen molar-refractivity contribution in [2.75, 3.05) is 26.3 Å². The van der Waals surface area contributed by atoms with Gasteiger partial charge in [-0.25, -0.2) is 4.98 Å². The van der Waals surface area contributed by atoms with Crippen LogP contribution in [0.1, 0.15) is 41.7 Å². The van der Waals surface area contributed by atoms with Crippen molar-refractivity contribution in [1.82, 2.24) is 10.3 Å². The van der Waals surface area contributed by atoms with Crippen LogP contribution in [0.4, 0.5) is 0 Å². The Morgan fingerprint density at radius 1 is 1.47 bits per heavy atom. The molecule has 19 heavy (non-hydrogen) atoms. The third kappa shape index (κ3) is 6.66. The fourth-order valence-electron chi connectivity index (χ4n) is 1.47. The second kappa shape index (κ2) is 9.89. The Balaban J connectivity index is 2.13. The van der Waals surface area contributed by atoms with Gasteiger partial charge in [0.05, 0.1) is 5.01 Å². The summed E-state index contributed by atoms with van der Waals surface area (Å²) in [4.78, 5) is 16.0. The molecule has 0 saturated carbocycles. The molecule has 1 rings (SSSR count). The molecule has 3 N–H and O–H groups in total. The Hall–Kier alpha value is -0.980. The maximum absolute atomic E-state index is 11.8. The van der Waals surface area contributed by atoms with Crippen LogP contribution < -0.4 is 11.1 Å². The predicted octanol–water partition coefficient (Wildman–Crippen LogP) is 1.58. The fourth-order valence-corrected chi connectivity index (χ4v) is 2.26. The van der Waals surface area contributed by atoms with E-state index in [1.54, 1.807) is 5.38 Å². The standard InChI is InChI=1S/C13H23N3O2S/c1-2-3-8-18-9-4-7-15-13(17)11-10-19-12(16-11)5-6-14/h10H,2-9,14H2,1H3,(H,15,17). The summed E-state index contributed by atoms with van der Waals surface area (Å²) in [7, 11) is 0. The number of rotatable bonds is 10. The van der Waals surface area contributed by atoms with Gasteiger partial charge in [0, 0.05) is 31.6 Å². The van der Waals surface area contributed by atoms with Crippen LogP contribution in [0.3, 0.4) is 0 Å². The largest absolute Gasteiger partial charge is 0.381 e. The van der Waals surface area contributed by atoms with Gasteiger partial charge in [-0.15, -0.1) is 11.3 Å². The molecule has 0 aromatic carbocycles. The summed E-state index contributed by atoms with van der Waals surface area (Å²) in [6, 6.07) is 0. The van der Waals surface area contributed by atoms with Gasteiger partial charge < -0.3 is 15.8 Å². The summed E-state index contributed by atoms with van der Waals surface area (Å²) >= 11 is 1.48. The number of nitrogens with zero attached hydrogens (tertiary/aromatic N) is 1. The fraction of sp³-hybridized carbons (Fsp3) is 0.692. The molecule has 1 aromatic rings. The maximum Gasteiger partial charge on any atom is 0.270 e. The van der Waals surface area contributed by atoms with Gasteiger partial charge in [-0.2, -0.15) is 0 Å². The molecule has 0 saturated heterocycles. The molecule has 108 valence electrons. The minimum absolute atomic E-state index is 0.118. The van der Waals surface area contributed by atoms with Gasteiger partial charge in [0.25, 0.3) is 5.91 Å². The number of aromatic nitrogens is 1. The quantitative estimate of drug-likeness (QED) is 0.640. The van der Waals surface area contributed by atoms with E-state index in [0.717, 1.165) is 37.3 Å². The average Bonchev–Trinajstić information content (AvgIpc) is 2.87. The second-order valence-corrected chi connectivity index (χ2v) is 5.18. The van der Waals surface area contributed by atoms with Gasteiger partial charge in [0.2, 0.25) is 0 Å². The molecule has 1 heterocycles. The van der Waals surface area contributed by atoms with Crippen LogP contribution in [-0.2, 0) is 11.2 Å². The number of hydrogen-bond acceptors (Lipinski definition) is 5. The van der Waals surface area contributed by atoms with Crippen molar-refractivity contribution in [3.05, 3.63) is 16.1 Å². The van der Waals surface area contributed by atoms with Crippen molar-refractivity contribution in [3.8, 4) is 0 Å². The number of ether oxygens (including phenoxy) is 1. The lowest BCUT2D eigenvalue weighted by atomic mass is 10.3. The van der Waals surface area contributed by atoms with E-state index in [1.165, 1.54) is 11.3 Å². The van der Waals surface area contributed by atoms with E-state index in [4.69, 9.17) is 10.5 Å². The van der Waals surface area contributed by atoms with Crippen molar-refractivity contribution < 1.29 is 9.53 Å². The van der Waals surface area contributed by atoms with E-state index >= 15 is 0 Å². The van der Waals surface area contributed by atoms with Crippen LogP contribution in [-0.4, -0.2) is 37.2 Å². The smallest absolute Gasteiger partial charge is 0.270 e. The molecule has 0 bridgehead atoms. The molecule has 0 fully saturated rings. The monoisotopic (exact) mass is 285 g/mol. The zero-order chi connectivity index (χ0) is 13.9. The van der Waals surface area contributed by atoms with Gasteiger partial charge in [-0.3, -0.25) is 4.79 Å². The topological polar surface area (TPSA) is 77.2 Å². The van der Waals surface area contributed by atoms with Gasteiger partial charge in [-0.05, 0) is 19.4 Å². The van der Waals surface area contributed by atoms with Gasteiger partial charge in [0.15, 0.2) is 0 Å². The number of carbonyl (C=O) groups excluding carboxylic acids is 1. The lowest BCUT2D eigenvalue weighted by molar-refractivity contribution is 0.0936. The molecule has 1 amide bonds. The highest BCUT2D eigenvalue weighted by atomic mass is 32.1. The number of amides is 1. The molecule has 0 unspecified atom stereocenters. The van der Waals surface area contributed by atoms with E-state index in [2.05, 4.69) is 17.2 Å². The first-order valence-corrected chi connectivity index (χ1v) is 7.66. The van der Waals surface area contributed by atoms with Crippen LogP contribution in [0.2, 0.25) is 0 Å². The summed E-state index contributed by atoms with van der Waals surface area (Å²) in [5, 5.41) is 5.53.